The molecule has 0 amide bonds. The van der Waals surface area contributed by atoms with Crippen molar-refractivity contribution in [1.82, 2.24) is 0 Å². The van der Waals surface area contributed by atoms with Gasteiger partial charge in [-0.05, 0) is 59.4 Å². The molecule has 0 N–H and O–H groups in total. The highest BCUT2D eigenvalue weighted by atomic mass is 28.4. The van der Waals surface area contributed by atoms with Crippen LogP contribution in [0.4, 0.5) is 0 Å². The zero-order chi connectivity index (χ0) is 30.0. The van der Waals surface area contributed by atoms with Crippen LogP contribution in [-0.4, -0.2) is 14.3 Å². The average molecular weight is 585 g/mol. The number of rotatable bonds is 20. The van der Waals surface area contributed by atoms with Crippen LogP contribution >= 0.6 is 0 Å². The number of carbonyl (C=O) groups is 1. The monoisotopic (exact) mass is 584 g/mol. The number of hydrogen-bond donors (Lipinski definition) is 0. The standard InChI is InChI=1S/C39H56O2Si/c1-5-6-7-8-9-10-11-12-13-14-15-16-17-18-19-32-39(40)41-42(36-29-23-20-26-33(36)2,37-30-24-21-27-34(37)3)38-31-25-22-28-35(38)4/h20-31H,5-19,32H2,1-4H3. The lowest BCUT2D eigenvalue weighted by atomic mass is 10.0. The maximum Gasteiger partial charge on any atom is 0.351 e. The van der Waals surface area contributed by atoms with Crippen LogP contribution in [0.5, 0.6) is 0 Å². The Hall–Kier alpha value is -2.65. The first-order valence-corrected chi connectivity index (χ1v) is 18.8. The summed E-state index contributed by atoms with van der Waals surface area (Å²) in [4.78, 5) is 13.7. The van der Waals surface area contributed by atoms with Gasteiger partial charge in [-0.15, -0.1) is 0 Å². The van der Waals surface area contributed by atoms with Gasteiger partial charge in [0.2, 0.25) is 0 Å². The highest BCUT2D eigenvalue weighted by Crippen LogP contribution is 2.18. The first-order chi connectivity index (χ1) is 20.5. The van der Waals surface area contributed by atoms with E-state index in [-0.39, 0.29) is 5.97 Å². The van der Waals surface area contributed by atoms with Crippen molar-refractivity contribution in [3.63, 3.8) is 0 Å². The average Bonchev–Trinajstić information content (AvgIpc) is 2.99. The zero-order valence-electron chi connectivity index (χ0n) is 27.1. The third-order valence-corrected chi connectivity index (χ3v) is 13.3. The summed E-state index contributed by atoms with van der Waals surface area (Å²) >= 11 is 0. The van der Waals surface area contributed by atoms with E-state index in [1.54, 1.807) is 0 Å². The van der Waals surface area contributed by atoms with Crippen molar-refractivity contribution in [2.45, 2.75) is 130 Å². The lowest BCUT2D eigenvalue weighted by Gasteiger charge is -2.35. The number of aryl methyl sites for hydroxylation is 3. The summed E-state index contributed by atoms with van der Waals surface area (Å²) in [6, 6.07) is 25.5. The van der Waals surface area contributed by atoms with Gasteiger partial charge in [-0.25, -0.2) is 0 Å². The van der Waals surface area contributed by atoms with Gasteiger partial charge < -0.3 is 4.43 Å². The molecule has 0 aliphatic rings. The smallest absolute Gasteiger partial charge is 0.351 e. The Morgan fingerprint density at radius 3 is 1.14 bits per heavy atom. The Kier molecular flexibility index (Phi) is 15.1. The molecule has 0 saturated heterocycles. The second-order valence-electron chi connectivity index (χ2n) is 12.3. The van der Waals surface area contributed by atoms with E-state index in [1.165, 1.54) is 116 Å². The van der Waals surface area contributed by atoms with Crippen LogP contribution in [0.1, 0.15) is 126 Å². The minimum Gasteiger partial charge on any atom is -0.505 e. The molecule has 0 bridgehead atoms. The van der Waals surface area contributed by atoms with Gasteiger partial charge >= 0.3 is 8.32 Å². The van der Waals surface area contributed by atoms with Crippen molar-refractivity contribution in [2.24, 2.45) is 0 Å². The van der Waals surface area contributed by atoms with E-state index in [0.29, 0.717) is 6.42 Å². The molecular weight excluding hydrogens is 529 g/mol. The molecule has 228 valence electrons. The molecule has 3 heteroatoms. The van der Waals surface area contributed by atoms with Crippen LogP contribution < -0.4 is 15.6 Å². The third-order valence-electron chi connectivity index (χ3n) is 8.82. The summed E-state index contributed by atoms with van der Waals surface area (Å²) < 4.78 is 6.86. The molecular formula is C39H56O2Si. The van der Waals surface area contributed by atoms with Crippen molar-refractivity contribution in [3.8, 4) is 0 Å². The molecule has 0 aliphatic heterocycles. The van der Waals surface area contributed by atoms with Crippen molar-refractivity contribution >= 4 is 29.8 Å². The SMILES string of the molecule is CCCCCCCCCCCCCCCCCC(=O)O[Si](c1ccccc1C)(c1ccccc1C)c1ccccc1C. The molecule has 3 rings (SSSR count). The summed E-state index contributed by atoms with van der Waals surface area (Å²) in [7, 11) is -3.08. The Morgan fingerprint density at radius 2 is 0.810 bits per heavy atom. The van der Waals surface area contributed by atoms with Crippen molar-refractivity contribution in [3.05, 3.63) is 89.5 Å². The summed E-state index contributed by atoms with van der Waals surface area (Å²) in [6.45, 7) is 8.73. The largest absolute Gasteiger partial charge is 0.505 e. The highest BCUT2D eigenvalue weighted by Gasteiger charge is 2.47. The Bertz CT molecular complexity index is 1090. The molecule has 0 aromatic heterocycles. The molecule has 3 aromatic rings. The maximum atomic E-state index is 13.7. The minimum atomic E-state index is -3.08. The predicted molar refractivity (Wildman–Crippen MR) is 184 cm³/mol. The molecule has 0 spiro atoms. The molecule has 0 heterocycles. The fraction of sp³-hybridized carbons (Fsp3) is 0.513. The molecule has 0 saturated carbocycles. The first kappa shape index (κ1) is 33.8. The molecule has 0 fully saturated rings. The molecule has 0 aliphatic carbocycles. The van der Waals surface area contributed by atoms with E-state index in [1.807, 2.05) is 0 Å². The molecule has 3 aromatic carbocycles. The van der Waals surface area contributed by atoms with Gasteiger partial charge in [0.1, 0.15) is 0 Å². The molecule has 0 atom stereocenters. The summed E-state index contributed by atoms with van der Waals surface area (Å²) in [5.41, 5.74) is 3.53. The molecule has 0 radical (unpaired) electrons. The topological polar surface area (TPSA) is 26.3 Å². The van der Waals surface area contributed by atoms with Gasteiger partial charge in [-0.2, -0.15) is 0 Å². The van der Waals surface area contributed by atoms with Crippen molar-refractivity contribution < 1.29 is 9.22 Å². The molecule has 42 heavy (non-hydrogen) atoms. The van der Waals surface area contributed by atoms with Crippen LogP contribution in [-0.2, 0) is 9.22 Å². The quantitative estimate of drug-likeness (QED) is 0.0751. The lowest BCUT2D eigenvalue weighted by molar-refractivity contribution is -0.134. The first-order valence-electron chi connectivity index (χ1n) is 16.9. The van der Waals surface area contributed by atoms with E-state index < -0.39 is 8.32 Å². The van der Waals surface area contributed by atoms with Crippen LogP contribution in [0.15, 0.2) is 72.8 Å². The van der Waals surface area contributed by atoms with Crippen LogP contribution in [0.25, 0.3) is 0 Å². The van der Waals surface area contributed by atoms with Crippen LogP contribution in [0.3, 0.4) is 0 Å². The van der Waals surface area contributed by atoms with Gasteiger partial charge in [0.25, 0.3) is 5.97 Å². The van der Waals surface area contributed by atoms with Gasteiger partial charge in [-0.1, -0.05) is 170 Å². The van der Waals surface area contributed by atoms with E-state index in [2.05, 4.69) is 100 Å². The van der Waals surface area contributed by atoms with Gasteiger partial charge in [0.05, 0.1) is 0 Å². The fourth-order valence-electron chi connectivity index (χ4n) is 6.37. The fourth-order valence-corrected chi connectivity index (χ4v) is 10.9. The Labute approximate surface area is 258 Å². The van der Waals surface area contributed by atoms with Crippen LogP contribution in [0.2, 0.25) is 0 Å². The highest BCUT2D eigenvalue weighted by molar-refractivity contribution is 7.08. The summed E-state index contributed by atoms with van der Waals surface area (Å²) in [5, 5.41) is 3.50. The predicted octanol–water partition coefficient (Wildman–Crippen LogP) is 9.38. The number of carbonyl (C=O) groups excluding carboxylic acids is 1. The van der Waals surface area contributed by atoms with E-state index >= 15 is 0 Å². The summed E-state index contributed by atoms with van der Waals surface area (Å²) in [6.07, 6.45) is 20.3. The molecule has 2 nitrogen and oxygen atoms in total. The van der Waals surface area contributed by atoms with E-state index in [9.17, 15) is 4.79 Å². The Morgan fingerprint density at radius 1 is 0.500 bits per heavy atom. The molecule has 0 unspecified atom stereocenters. The van der Waals surface area contributed by atoms with Gasteiger partial charge in [-0.3, -0.25) is 4.79 Å². The number of benzene rings is 3. The van der Waals surface area contributed by atoms with Crippen LogP contribution in [0, 0.1) is 20.8 Å². The van der Waals surface area contributed by atoms with E-state index in [0.717, 1.165) is 12.8 Å². The van der Waals surface area contributed by atoms with E-state index in [4.69, 9.17) is 4.43 Å². The van der Waals surface area contributed by atoms with Crippen molar-refractivity contribution in [1.29, 1.82) is 0 Å². The number of unbranched alkanes of at least 4 members (excludes halogenated alkanes) is 14. The lowest BCUT2D eigenvalue weighted by Crippen LogP contribution is -2.71. The zero-order valence-corrected chi connectivity index (χ0v) is 28.1. The Balaban J connectivity index is 1.55. The van der Waals surface area contributed by atoms with Gasteiger partial charge in [0, 0.05) is 6.42 Å². The second-order valence-corrected chi connectivity index (χ2v) is 15.5. The number of hydrogen-bond acceptors (Lipinski definition) is 2. The summed E-state index contributed by atoms with van der Waals surface area (Å²) in [5.74, 6) is -0.0638. The second kappa shape index (κ2) is 18.8. The normalized spacial score (nSPS) is 11.5. The minimum absolute atomic E-state index is 0.0638. The van der Waals surface area contributed by atoms with Crippen molar-refractivity contribution in [2.75, 3.05) is 0 Å². The van der Waals surface area contributed by atoms with Gasteiger partial charge in [0.15, 0.2) is 0 Å². The third kappa shape index (κ3) is 9.97. The maximum absolute atomic E-state index is 13.7.